The molecule has 3 rings (SSSR count). The summed E-state index contributed by atoms with van der Waals surface area (Å²) in [5.74, 6) is -0.386. The summed E-state index contributed by atoms with van der Waals surface area (Å²) in [5.41, 5.74) is 1.18. The van der Waals surface area contributed by atoms with Crippen LogP contribution in [0.4, 0.5) is 10.1 Å². The van der Waals surface area contributed by atoms with E-state index in [-0.39, 0.29) is 23.0 Å². The molecule has 156 valence electrons. The van der Waals surface area contributed by atoms with Crippen LogP contribution in [0.1, 0.15) is 24.8 Å². The minimum atomic E-state index is -3.50. The van der Waals surface area contributed by atoms with Crippen LogP contribution in [0, 0.1) is 5.82 Å². The highest BCUT2D eigenvalue weighted by Crippen LogP contribution is 2.29. The predicted octanol–water partition coefficient (Wildman–Crippen LogP) is 3.07. The molecule has 2 aromatic rings. The Bertz CT molecular complexity index is 957. The van der Waals surface area contributed by atoms with Gasteiger partial charge in [0.05, 0.1) is 4.90 Å². The molecule has 1 aliphatic rings. The Balaban J connectivity index is 1.55. The van der Waals surface area contributed by atoms with Crippen LogP contribution < -0.4 is 5.32 Å². The highest BCUT2D eigenvalue weighted by molar-refractivity contribution is 7.89. The molecular formula is C21H26FN3O3S. The molecule has 0 aliphatic heterocycles. The zero-order chi connectivity index (χ0) is 21.0. The molecule has 1 amide bonds. The van der Waals surface area contributed by atoms with E-state index in [9.17, 15) is 17.6 Å². The average Bonchev–Trinajstić information content (AvgIpc) is 3.52. The van der Waals surface area contributed by atoms with Gasteiger partial charge in [0.25, 0.3) is 0 Å². The summed E-state index contributed by atoms with van der Waals surface area (Å²) in [6.07, 6.45) is 2.42. The minimum Gasteiger partial charge on any atom is -0.326 e. The molecule has 29 heavy (non-hydrogen) atoms. The van der Waals surface area contributed by atoms with Gasteiger partial charge in [-0.3, -0.25) is 9.69 Å². The van der Waals surface area contributed by atoms with Crippen molar-refractivity contribution in [3.8, 4) is 0 Å². The molecule has 0 unspecified atom stereocenters. The first-order valence-electron chi connectivity index (χ1n) is 9.57. The van der Waals surface area contributed by atoms with E-state index >= 15 is 0 Å². The van der Waals surface area contributed by atoms with Gasteiger partial charge in [-0.25, -0.2) is 17.1 Å². The van der Waals surface area contributed by atoms with E-state index in [1.165, 1.54) is 32.3 Å². The first-order chi connectivity index (χ1) is 13.8. The molecule has 1 aliphatic carbocycles. The number of nitrogens with zero attached hydrogens (tertiary/aromatic N) is 2. The van der Waals surface area contributed by atoms with Crippen LogP contribution in [0.15, 0.2) is 53.4 Å². The van der Waals surface area contributed by atoms with Crippen molar-refractivity contribution < 1.29 is 17.6 Å². The molecule has 1 saturated carbocycles. The molecule has 0 heterocycles. The summed E-state index contributed by atoms with van der Waals surface area (Å²) in [7, 11) is -0.556. The van der Waals surface area contributed by atoms with Crippen molar-refractivity contribution >= 4 is 21.6 Å². The molecule has 0 bridgehead atoms. The van der Waals surface area contributed by atoms with Crippen LogP contribution in [0.25, 0.3) is 0 Å². The normalized spacial score (nSPS) is 14.4. The second kappa shape index (κ2) is 9.02. The van der Waals surface area contributed by atoms with Gasteiger partial charge < -0.3 is 5.32 Å². The second-order valence-corrected chi connectivity index (χ2v) is 9.55. The van der Waals surface area contributed by atoms with Crippen LogP contribution in [0.5, 0.6) is 0 Å². The number of nitrogens with one attached hydrogen (secondary N) is 1. The van der Waals surface area contributed by atoms with Gasteiger partial charge in [0.1, 0.15) is 5.82 Å². The van der Waals surface area contributed by atoms with Crippen LogP contribution in [0.2, 0.25) is 0 Å². The lowest BCUT2D eigenvalue weighted by atomic mass is 10.2. The summed E-state index contributed by atoms with van der Waals surface area (Å²) < 4.78 is 39.3. The van der Waals surface area contributed by atoms with Crippen molar-refractivity contribution in [1.82, 2.24) is 9.21 Å². The number of hydrogen-bond acceptors (Lipinski definition) is 4. The van der Waals surface area contributed by atoms with E-state index in [1.54, 1.807) is 24.3 Å². The number of anilines is 1. The Morgan fingerprint density at radius 3 is 2.34 bits per heavy atom. The number of carbonyl (C=O) groups is 1. The first-order valence-corrected chi connectivity index (χ1v) is 11.0. The van der Waals surface area contributed by atoms with Crippen LogP contribution in [-0.4, -0.2) is 50.2 Å². The molecule has 0 saturated heterocycles. The lowest BCUT2D eigenvalue weighted by molar-refractivity contribution is -0.116. The number of amides is 1. The number of benzene rings is 2. The smallest absolute Gasteiger partial charge is 0.242 e. The van der Waals surface area contributed by atoms with E-state index in [2.05, 4.69) is 10.2 Å². The highest BCUT2D eigenvalue weighted by Gasteiger charge is 2.29. The van der Waals surface area contributed by atoms with Crippen molar-refractivity contribution in [3.63, 3.8) is 0 Å². The Morgan fingerprint density at radius 1 is 1.10 bits per heavy atom. The Labute approximate surface area is 171 Å². The Hall–Kier alpha value is -2.29. The number of sulfonamides is 1. The molecular weight excluding hydrogens is 393 g/mol. The highest BCUT2D eigenvalue weighted by atomic mass is 32.2. The monoisotopic (exact) mass is 419 g/mol. The topological polar surface area (TPSA) is 69.7 Å². The molecule has 8 heteroatoms. The largest absolute Gasteiger partial charge is 0.326 e. The number of hydrogen-bond donors (Lipinski definition) is 1. The third-order valence-corrected chi connectivity index (χ3v) is 6.77. The Kier molecular flexibility index (Phi) is 6.66. The number of carbonyl (C=O) groups excluding carboxylic acids is 1. The summed E-state index contributed by atoms with van der Waals surface area (Å²) in [6, 6.07) is 13.2. The molecule has 6 nitrogen and oxygen atoms in total. The first kappa shape index (κ1) is 21.4. The van der Waals surface area contributed by atoms with Gasteiger partial charge in [-0.05, 0) is 43.2 Å². The zero-order valence-electron chi connectivity index (χ0n) is 16.6. The Morgan fingerprint density at radius 2 is 1.76 bits per heavy atom. The fraction of sp³-hybridized carbons (Fsp3) is 0.381. The van der Waals surface area contributed by atoms with E-state index in [0.717, 1.165) is 17.1 Å². The quantitative estimate of drug-likeness (QED) is 0.678. The standard InChI is InChI=1S/C21H26FN3O3S/c1-24(2)29(27,28)19-11-7-17(8-12-19)23-21(26)13-14-25(18-9-10-18)15-16-5-3-4-6-20(16)22/h3-8,11-12,18H,9-10,13-15H2,1-2H3,(H,23,26). The molecule has 0 radical (unpaired) electrons. The number of rotatable bonds is 9. The van der Waals surface area contributed by atoms with Crippen LogP contribution in [-0.2, 0) is 21.4 Å². The van der Waals surface area contributed by atoms with Gasteiger partial charge in [-0.2, -0.15) is 0 Å². The van der Waals surface area contributed by atoms with Crippen molar-refractivity contribution in [2.75, 3.05) is 26.0 Å². The zero-order valence-corrected chi connectivity index (χ0v) is 17.5. The maximum absolute atomic E-state index is 13.9. The van der Waals surface area contributed by atoms with Crippen LogP contribution >= 0.6 is 0 Å². The van der Waals surface area contributed by atoms with Gasteiger partial charge in [0.2, 0.25) is 15.9 Å². The lowest BCUT2D eigenvalue weighted by Crippen LogP contribution is -2.30. The molecule has 1 fully saturated rings. The molecule has 0 aromatic heterocycles. The van der Waals surface area contributed by atoms with Gasteiger partial charge in [-0.1, -0.05) is 18.2 Å². The predicted molar refractivity (Wildman–Crippen MR) is 110 cm³/mol. The maximum Gasteiger partial charge on any atom is 0.242 e. The minimum absolute atomic E-state index is 0.160. The number of halogens is 1. The van der Waals surface area contributed by atoms with Crippen molar-refractivity contribution in [2.24, 2.45) is 0 Å². The maximum atomic E-state index is 13.9. The van der Waals surface area contributed by atoms with Gasteiger partial charge in [-0.15, -0.1) is 0 Å². The van der Waals surface area contributed by atoms with Crippen LogP contribution in [0.3, 0.4) is 0 Å². The summed E-state index contributed by atoms with van der Waals surface area (Å²) in [4.78, 5) is 14.6. The molecule has 1 N–H and O–H groups in total. The van der Waals surface area contributed by atoms with E-state index in [4.69, 9.17) is 0 Å². The average molecular weight is 420 g/mol. The third kappa shape index (κ3) is 5.62. The van der Waals surface area contributed by atoms with Gasteiger partial charge >= 0.3 is 0 Å². The SMILES string of the molecule is CN(C)S(=O)(=O)c1ccc(NC(=O)CCN(Cc2ccccc2F)C2CC2)cc1. The van der Waals surface area contributed by atoms with E-state index in [1.807, 2.05) is 6.07 Å². The molecule has 0 atom stereocenters. The fourth-order valence-corrected chi connectivity index (χ4v) is 3.97. The van der Waals surface area contributed by atoms with Crippen molar-refractivity contribution in [3.05, 3.63) is 59.9 Å². The lowest BCUT2D eigenvalue weighted by Gasteiger charge is -2.22. The van der Waals surface area contributed by atoms with E-state index < -0.39 is 10.0 Å². The van der Waals surface area contributed by atoms with Gasteiger partial charge in [0.15, 0.2) is 0 Å². The summed E-state index contributed by atoms with van der Waals surface area (Å²) in [5, 5.41) is 2.79. The molecule has 0 spiro atoms. The summed E-state index contributed by atoms with van der Waals surface area (Å²) in [6.45, 7) is 1.03. The van der Waals surface area contributed by atoms with E-state index in [0.29, 0.717) is 30.4 Å². The fourth-order valence-electron chi connectivity index (χ4n) is 3.07. The van der Waals surface area contributed by atoms with Crippen molar-refractivity contribution in [1.29, 1.82) is 0 Å². The van der Waals surface area contributed by atoms with Crippen molar-refractivity contribution in [2.45, 2.75) is 36.7 Å². The second-order valence-electron chi connectivity index (χ2n) is 7.40. The third-order valence-electron chi connectivity index (χ3n) is 4.94. The van der Waals surface area contributed by atoms with Gasteiger partial charge in [0, 0.05) is 50.9 Å². The molecule has 2 aromatic carbocycles. The summed E-state index contributed by atoms with van der Waals surface area (Å²) >= 11 is 0.